The van der Waals surface area contributed by atoms with Gasteiger partial charge in [0.15, 0.2) is 6.61 Å². The first-order valence-corrected chi connectivity index (χ1v) is 6.16. The molecule has 0 aliphatic rings. The van der Waals surface area contributed by atoms with Gasteiger partial charge in [-0.25, -0.2) is 9.78 Å². The maximum absolute atomic E-state index is 10.5. The number of hydrogen-bond acceptors (Lipinski definition) is 6. The Bertz CT molecular complexity index is 725. The normalized spacial score (nSPS) is 10.6. The second-order valence-electron chi connectivity index (χ2n) is 3.98. The van der Waals surface area contributed by atoms with Crippen molar-refractivity contribution in [1.82, 2.24) is 9.97 Å². The molecule has 1 amide bonds. The number of nitrogens with zero attached hydrogens (tertiary/aromatic N) is 4. The van der Waals surface area contributed by atoms with Gasteiger partial charge in [-0.1, -0.05) is 17.3 Å². The summed E-state index contributed by atoms with van der Waals surface area (Å²) >= 11 is 0. The lowest BCUT2D eigenvalue weighted by molar-refractivity contribution is 0.128. The Morgan fingerprint density at radius 2 is 2.23 bits per heavy atom. The summed E-state index contributed by atoms with van der Waals surface area (Å²) < 4.78 is 0. The summed E-state index contributed by atoms with van der Waals surface area (Å²) in [6.07, 6.45) is 0.343. The van der Waals surface area contributed by atoms with E-state index in [0.29, 0.717) is 11.4 Å². The lowest BCUT2D eigenvalue weighted by Crippen LogP contribution is -2.09. The molecule has 2 rings (SSSR count). The van der Waals surface area contributed by atoms with Gasteiger partial charge >= 0.3 is 6.09 Å². The van der Waals surface area contributed by atoms with E-state index in [9.17, 15) is 4.79 Å². The molecule has 0 saturated carbocycles. The Morgan fingerprint density at radius 3 is 2.91 bits per heavy atom. The molecule has 110 valence electrons. The van der Waals surface area contributed by atoms with Crippen LogP contribution >= 0.6 is 0 Å². The van der Waals surface area contributed by atoms with Crippen molar-refractivity contribution in [3.05, 3.63) is 54.0 Å². The predicted molar refractivity (Wildman–Crippen MR) is 77.1 cm³/mol. The molecule has 0 aromatic carbocycles. The quantitative estimate of drug-likeness (QED) is 0.643. The van der Waals surface area contributed by atoms with Gasteiger partial charge in [0, 0.05) is 6.20 Å². The van der Waals surface area contributed by atoms with Crippen LogP contribution in [0.25, 0.3) is 0 Å². The summed E-state index contributed by atoms with van der Waals surface area (Å²) in [4.78, 5) is 23.6. The first kappa shape index (κ1) is 14.9. The largest absolute Gasteiger partial charge is 0.465 e. The number of aromatic nitrogens is 2. The van der Waals surface area contributed by atoms with E-state index < -0.39 is 6.09 Å². The zero-order valence-corrected chi connectivity index (χ0v) is 11.3. The minimum Gasteiger partial charge on any atom is -0.465 e. The van der Waals surface area contributed by atoms with Crippen molar-refractivity contribution >= 4 is 17.6 Å². The van der Waals surface area contributed by atoms with E-state index in [1.54, 1.807) is 36.5 Å². The van der Waals surface area contributed by atoms with Crippen molar-refractivity contribution in [2.45, 2.75) is 6.61 Å². The fourth-order valence-electron chi connectivity index (χ4n) is 1.53. The van der Waals surface area contributed by atoms with Crippen molar-refractivity contribution in [3.63, 3.8) is 0 Å². The standard InChI is InChI=1S/C14H11N5O3/c15-8-12(11-5-1-2-7-16-11)19-22-9-10-4-3-6-13(17-10)18-14(20)21/h1-7H,9H2,(H,17,18)(H,20,21). The minimum atomic E-state index is -1.20. The van der Waals surface area contributed by atoms with Gasteiger partial charge in [-0.3, -0.25) is 10.3 Å². The topological polar surface area (TPSA) is 120 Å². The predicted octanol–water partition coefficient (Wildman–Crippen LogP) is 2.01. The molecular formula is C14H11N5O3. The molecule has 22 heavy (non-hydrogen) atoms. The number of carboxylic acid groups (broad SMARTS) is 1. The van der Waals surface area contributed by atoms with Crippen LogP contribution in [0.15, 0.2) is 47.8 Å². The summed E-state index contributed by atoms with van der Waals surface area (Å²) in [6.45, 7) is -0.00679. The fourth-order valence-corrected chi connectivity index (χ4v) is 1.53. The molecule has 0 spiro atoms. The monoisotopic (exact) mass is 297 g/mol. The number of oxime groups is 1. The first-order valence-electron chi connectivity index (χ1n) is 6.16. The van der Waals surface area contributed by atoms with E-state index in [4.69, 9.17) is 15.2 Å². The zero-order valence-electron chi connectivity index (χ0n) is 11.3. The summed E-state index contributed by atoms with van der Waals surface area (Å²) in [6, 6.07) is 11.8. The summed E-state index contributed by atoms with van der Waals surface area (Å²) in [5, 5.41) is 23.5. The minimum absolute atomic E-state index is 0.00679. The van der Waals surface area contributed by atoms with Crippen molar-refractivity contribution in [2.24, 2.45) is 5.16 Å². The molecule has 2 N–H and O–H groups in total. The number of rotatable bonds is 5. The van der Waals surface area contributed by atoms with Crippen LogP contribution in [0.5, 0.6) is 0 Å². The third-order valence-corrected chi connectivity index (χ3v) is 2.42. The van der Waals surface area contributed by atoms with Gasteiger partial charge in [0.25, 0.3) is 0 Å². The average molecular weight is 297 g/mol. The molecule has 2 heterocycles. The summed E-state index contributed by atoms with van der Waals surface area (Å²) in [5.74, 6) is 0.183. The fraction of sp³-hybridized carbons (Fsp3) is 0.0714. The van der Waals surface area contributed by atoms with Crippen LogP contribution in [0.2, 0.25) is 0 Å². The molecular weight excluding hydrogens is 286 g/mol. The van der Waals surface area contributed by atoms with Crippen LogP contribution in [0.4, 0.5) is 10.6 Å². The maximum atomic E-state index is 10.5. The van der Waals surface area contributed by atoms with E-state index in [1.165, 1.54) is 6.07 Å². The van der Waals surface area contributed by atoms with E-state index in [1.807, 2.05) is 6.07 Å². The molecule has 0 saturated heterocycles. The Kier molecular flexibility index (Phi) is 4.99. The lowest BCUT2D eigenvalue weighted by atomic mass is 10.2. The van der Waals surface area contributed by atoms with Gasteiger partial charge in [0.05, 0.1) is 5.69 Å². The number of nitriles is 1. The van der Waals surface area contributed by atoms with Gasteiger partial charge in [-0.05, 0) is 24.3 Å². The highest BCUT2D eigenvalue weighted by atomic mass is 16.6. The van der Waals surface area contributed by atoms with Crippen LogP contribution in [0.1, 0.15) is 11.4 Å². The van der Waals surface area contributed by atoms with Gasteiger partial charge in [0.1, 0.15) is 17.6 Å². The van der Waals surface area contributed by atoms with Crippen LogP contribution in [0, 0.1) is 11.3 Å². The summed E-state index contributed by atoms with van der Waals surface area (Å²) in [5.41, 5.74) is 0.910. The van der Waals surface area contributed by atoms with Crippen molar-refractivity contribution in [2.75, 3.05) is 5.32 Å². The van der Waals surface area contributed by atoms with Crippen LogP contribution in [0.3, 0.4) is 0 Å². The number of hydrogen-bond donors (Lipinski definition) is 2. The van der Waals surface area contributed by atoms with Crippen LogP contribution in [-0.4, -0.2) is 26.9 Å². The molecule has 0 aliphatic carbocycles. The molecule has 2 aromatic heterocycles. The van der Waals surface area contributed by atoms with E-state index in [2.05, 4.69) is 20.4 Å². The molecule has 0 aliphatic heterocycles. The molecule has 0 fully saturated rings. The van der Waals surface area contributed by atoms with Gasteiger partial charge in [-0.2, -0.15) is 5.26 Å². The number of anilines is 1. The number of carbonyl (C=O) groups is 1. The Hall–Kier alpha value is -3.47. The number of pyridine rings is 2. The third kappa shape index (κ3) is 4.28. The molecule has 0 radical (unpaired) electrons. The third-order valence-electron chi connectivity index (χ3n) is 2.42. The first-order chi connectivity index (χ1) is 10.7. The van der Waals surface area contributed by atoms with E-state index >= 15 is 0 Å². The van der Waals surface area contributed by atoms with Gasteiger partial charge in [-0.15, -0.1) is 0 Å². The molecule has 0 bridgehead atoms. The average Bonchev–Trinajstić information content (AvgIpc) is 2.52. The van der Waals surface area contributed by atoms with Crippen molar-refractivity contribution < 1.29 is 14.7 Å². The van der Waals surface area contributed by atoms with Gasteiger partial charge < -0.3 is 9.94 Å². The Labute approximate surface area is 125 Å². The molecule has 0 unspecified atom stereocenters. The van der Waals surface area contributed by atoms with Crippen molar-refractivity contribution in [3.8, 4) is 6.07 Å². The van der Waals surface area contributed by atoms with Crippen LogP contribution < -0.4 is 5.32 Å². The second kappa shape index (κ2) is 7.35. The SMILES string of the molecule is N#CC(=NOCc1cccc(NC(=O)O)n1)c1ccccn1. The van der Waals surface area contributed by atoms with Crippen molar-refractivity contribution in [1.29, 1.82) is 5.26 Å². The summed E-state index contributed by atoms with van der Waals surface area (Å²) in [7, 11) is 0. The molecule has 8 nitrogen and oxygen atoms in total. The lowest BCUT2D eigenvalue weighted by Gasteiger charge is -2.03. The highest BCUT2D eigenvalue weighted by molar-refractivity contribution is 6.09. The second-order valence-corrected chi connectivity index (χ2v) is 3.98. The van der Waals surface area contributed by atoms with Crippen LogP contribution in [-0.2, 0) is 11.4 Å². The number of amides is 1. The highest BCUT2D eigenvalue weighted by Gasteiger charge is 2.05. The molecule has 8 heteroatoms. The molecule has 2 aromatic rings. The van der Waals surface area contributed by atoms with E-state index in [0.717, 1.165) is 0 Å². The molecule has 0 atom stereocenters. The van der Waals surface area contributed by atoms with E-state index in [-0.39, 0.29) is 18.1 Å². The Balaban J connectivity index is 2.02. The zero-order chi connectivity index (χ0) is 15.8. The Morgan fingerprint density at radius 1 is 1.36 bits per heavy atom. The smallest absolute Gasteiger partial charge is 0.410 e. The maximum Gasteiger partial charge on any atom is 0.410 e. The number of nitrogens with one attached hydrogen (secondary N) is 1. The highest BCUT2D eigenvalue weighted by Crippen LogP contribution is 2.06. The van der Waals surface area contributed by atoms with Gasteiger partial charge in [0.2, 0.25) is 5.71 Å².